The van der Waals surface area contributed by atoms with Gasteiger partial charge in [-0.1, -0.05) is 42.1 Å². The monoisotopic (exact) mass is 216 g/mol. The van der Waals surface area contributed by atoms with Crippen LogP contribution in [0.1, 0.15) is 5.56 Å². The first-order chi connectivity index (χ1) is 7.36. The molecule has 0 aliphatic rings. The van der Waals surface area contributed by atoms with E-state index in [9.17, 15) is 0 Å². The van der Waals surface area contributed by atoms with Crippen molar-refractivity contribution in [2.45, 2.75) is 10.8 Å². The third-order valence-corrected chi connectivity index (χ3v) is 3.11. The summed E-state index contributed by atoms with van der Waals surface area (Å²) in [5, 5.41) is 0.904. The van der Waals surface area contributed by atoms with Crippen LogP contribution in [-0.4, -0.2) is 4.98 Å². The molecule has 2 N–H and O–H groups in total. The first-order valence-electron chi connectivity index (χ1n) is 4.73. The summed E-state index contributed by atoms with van der Waals surface area (Å²) in [6.07, 6.45) is 1.77. The minimum atomic E-state index is 0.749. The van der Waals surface area contributed by atoms with Crippen molar-refractivity contribution in [3.8, 4) is 0 Å². The molecule has 0 amide bonds. The second kappa shape index (κ2) is 4.84. The van der Waals surface area contributed by atoms with Crippen molar-refractivity contribution >= 4 is 17.4 Å². The molecule has 3 heteroatoms. The van der Waals surface area contributed by atoms with E-state index in [-0.39, 0.29) is 0 Å². The fourth-order valence-electron chi connectivity index (χ4n) is 1.25. The summed E-state index contributed by atoms with van der Waals surface area (Å²) in [6, 6.07) is 14.0. The van der Waals surface area contributed by atoms with Crippen LogP contribution < -0.4 is 5.73 Å². The number of hydrogen-bond donors (Lipinski definition) is 1. The average Bonchev–Trinajstić information content (AvgIpc) is 2.29. The van der Waals surface area contributed by atoms with Gasteiger partial charge in [0, 0.05) is 11.9 Å². The highest BCUT2D eigenvalue weighted by molar-refractivity contribution is 7.98. The number of rotatable bonds is 3. The number of hydrogen-bond acceptors (Lipinski definition) is 3. The predicted octanol–water partition coefficient (Wildman–Crippen LogP) is 2.96. The Morgan fingerprint density at radius 1 is 1.07 bits per heavy atom. The molecule has 0 unspecified atom stereocenters. The first-order valence-corrected chi connectivity index (χ1v) is 5.72. The highest BCUT2D eigenvalue weighted by atomic mass is 32.2. The maximum Gasteiger partial charge on any atom is 0.119 e. The summed E-state index contributed by atoms with van der Waals surface area (Å²) < 4.78 is 0. The average molecular weight is 216 g/mol. The largest absolute Gasteiger partial charge is 0.397 e. The van der Waals surface area contributed by atoms with Gasteiger partial charge in [0.05, 0.1) is 5.69 Å². The van der Waals surface area contributed by atoms with Gasteiger partial charge in [0.1, 0.15) is 5.03 Å². The van der Waals surface area contributed by atoms with Crippen molar-refractivity contribution in [2.24, 2.45) is 0 Å². The molecule has 0 spiro atoms. The summed E-state index contributed by atoms with van der Waals surface area (Å²) in [5.41, 5.74) is 7.83. The molecule has 0 saturated carbocycles. The standard InChI is InChI=1S/C12H12N2S/c13-11-7-4-8-14-12(11)15-9-10-5-2-1-3-6-10/h1-8H,9,13H2. The van der Waals surface area contributed by atoms with E-state index in [2.05, 4.69) is 17.1 Å². The van der Waals surface area contributed by atoms with Crippen LogP contribution in [0, 0.1) is 0 Å². The molecule has 1 aromatic heterocycles. The minimum absolute atomic E-state index is 0.749. The van der Waals surface area contributed by atoms with Crippen molar-refractivity contribution in [2.75, 3.05) is 5.73 Å². The smallest absolute Gasteiger partial charge is 0.119 e. The molecule has 2 nitrogen and oxygen atoms in total. The van der Waals surface area contributed by atoms with Crippen molar-refractivity contribution < 1.29 is 0 Å². The molecule has 15 heavy (non-hydrogen) atoms. The molecule has 0 bridgehead atoms. The van der Waals surface area contributed by atoms with E-state index in [1.54, 1.807) is 18.0 Å². The molecule has 76 valence electrons. The molecule has 0 fully saturated rings. The molecule has 1 heterocycles. The number of benzene rings is 1. The Hall–Kier alpha value is -1.48. The van der Waals surface area contributed by atoms with Crippen LogP contribution in [0.15, 0.2) is 53.7 Å². The number of nitrogens with two attached hydrogens (primary N) is 1. The van der Waals surface area contributed by atoms with E-state index >= 15 is 0 Å². The van der Waals surface area contributed by atoms with Crippen LogP contribution in [0.3, 0.4) is 0 Å². The fourth-order valence-corrected chi connectivity index (χ4v) is 2.12. The SMILES string of the molecule is Nc1cccnc1SCc1ccccc1. The lowest BCUT2D eigenvalue weighted by Crippen LogP contribution is -1.91. The minimum Gasteiger partial charge on any atom is -0.397 e. The van der Waals surface area contributed by atoms with Crippen LogP contribution in [0.2, 0.25) is 0 Å². The predicted molar refractivity (Wildman–Crippen MR) is 64.7 cm³/mol. The molecule has 1 aromatic carbocycles. The summed E-state index contributed by atoms with van der Waals surface area (Å²) in [7, 11) is 0. The zero-order chi connectivity index (χ0) is 10.5. The van der Waals surface area contributed by atoms with E-state index in [0.29, 0.717) is 0 Å². The lowest BCUT2D eigenvalue weighted by atomic mass is 10.2. The Labute approximate surface area is 93.5 Å². The van der Waals surface area contributed by atoms with E-state index in [0.717, 1.165) is 16.5 Å². The highest BCUT2D eigenvalue weighted by Gasteiger charge is 2.00. The van der Waals surface area contributed by atoms with Gasteiger partial charge < -0.3 is 5.73 Å². The third kappa shape index (κ3) is 2.73. The number of pyridine rings is 1. The molecule has 2 rings (SSSR count). The number of aromatic nitrogens is 1. The van der Waals surface area contributed by atoms with Gasteiger partial charge >= 0.3 is 0 Å². The molecular weight excluding hydrogens is 204 g/mol. The van der Waals surface area contributed by atoms with Gasteiger partial charge in [0.25, 0.3) is 0 Å². The van der Waals surface area contributed by atoms with E-state index < -0.39 is 0 Å². The van der Waals surface area contributed by atoms with Crippen LogP contribution in [0.25, 0.3) is 0 Å². The topological polar surface area (TPSA) is 38.9 Å². The van der Waals surface area contributed by atoms with Gasteiger partial charge in [-0.25, -0.2) is 4.98 Å². The zero-order valence-electron chi connectivity index (χ0n) is 8.26. The maximum absolute atomic E-state index is 5.80. The van der Waals surface area contributed by atoms with Crippen molar-refractivity contribution in [1.82, 2.24) is 4.98 Å². The Bertz CT molecular complexity index is 429. The molecular formula is C12H12N2S. The van der Waals surface area contributed by atoms with Crippen LogP contribution in [-0.2, 0) is 5.75 Å². The fraction of sp³-hybridized carbons (Fsp3) is 0.0833. The van der Waals surface area contributed by atoms with Crippen LogP contribution in [0.5, 0.6) is 0 Å². The number of nitrogens with zero attached hydrogens (tertiary/aromatic N) is 1. The Morgan fingerprint density at radius 2 is 1.87 bits per heavy atom. The maximum atomic E-state index is 5.80. The third-order valence-electron chi connectivity index (χ3n) is 2.02. The van der Waals surface area contributed by atoms with E-state index in [1.165, 1.54) is 5.56 Å². The van der Waals surface area contributed by atoms with E-state index in [4.69, 9.17) is 5.73 Å². The normalized spacial score (nSPS) is 10.1. The number of anilines is 1. The molecule has 0 aliphatic carbocycles. The Kier molecular flexibility index (Phi) is 3.25. The molecule has 0 atom stereocenters. The van der Waals surface area contributed by atoms with Crippen molar-refractivity contribution in [1.29, 1.82) is 0 Å². The van der Waals surface area contributed by atoms with Crippen LogP contribution in [0.4, 0.5) is 5.69 Å². The lowest BCUT2D eigenvalue weighted by Gasteiger charge is -2.03. The van der Waals surface area contributed by atoms with Crippen molar-refractivity contribution in [3.05, 3.63) is 54.2 Å². The van der Waals surface area contributed by atoms with Crippen LogP contribution >= 0.6 is 11.8 Å². The lowest BCUT2D eigenvalue weighted by molar-refractivity contribution is 1.14. The highest BCUT2D eigenvalue weighted by Crippen LogP contribution is 2.25. The van der Waals surface area contributed by atoms with Gasteiger partial charge in [-0.2, -0.15) is 0 Å². The quantitative estimate of drug-likeness (QED) is 0.802. The molecule has 2 aromatic rings. The molecule has 0 aliphatic heterocycles. The summed E-state index contributed by atoms with van der Waals surface area (Å²) >= 11 is 1.66. The van der Waals surface area contributed by atoms with Gasteiger partial charge in [0.2, 0.25) is 0 Å². The van der Waals surface area contributed by atoms with Gasteiger partial charge in [-0.15, -0.1) is 0 Å². The summed E-state index contributed by atoms with van der Waals surface area (Å²) in [6.45, 7) is 0. The Morgan fingerprint density at radius 3 is 2.60 bits per heavy atom. The number of thioether (sulfide) groups is 1. The zero-order valence-corrected chi connectivity index (χ0v) is 9.08. The summed E-state index contributed by atoms with van der Waals surface area (Å²) in [5.74, 6) is 0.905. The second-order valence-electron chi connectivity index (χ2n) is 3.17. The van der Waals surface area contributed by atoms with Crippen molar-refractivity contribution in [3.63, 3.8) is 0 Å². The van der Waals surface area contributed by atoms with Gasteiger partial charge in [-0.3, -0.25) is 0 Å². The van der Waals surface area contributed by atoms with E-state index in [1.807, 2.05) is 30.3 Å². The second-order valence-corrected chi connectivity index (χ2v) is 4.14. The molecule has 0 radical (unpaired) electrons. The Balaban J connectivity index is 2.03. The summed E-state index contributed by atoms with van der Waals surface area (Å²) in [4.78, 5) is 4.23. The first kappa shape index (κ1) is 10.1. The van der Waals surface area contributed by atoms with Gasteiger partial charge in [0.15, 0.2) is 0 Å². The van der Waals surface area contributed by atoms with Gasteiger partial charge in [-0.05, 0) is 17.7 Å². The number of nitrogen functional groups attached to an aromatic ring is 1. The molecule has 0 saturated heterocycles.